The summed E-state index contributed by atoms with van der Waals surface area (Å²) in [5, 5.41) is 11.4. The fraction of sp³-hybridized carbons (Fsp3) is 0.450. The van der Waals surface area contributed by atoms with Gasteiger partial charge in [-0.25, -0.2) is 0 Å². The summed E-state index contributed by atoms with van der Waals surface area (Å²) >= 11 is 0. The minimum absolute atomic E-state index is 0.0550. The highest BCUT2D eigenvalue weighted by Crippen LogP contribution is 2.23. The molecule has 1 fully saturated rings. The Hall–Kier alpha value is -2.43. The zero-order valence-electron chi connectivity index (χ0n) is 15.2. The maximum Gasteiger partial charge on any atom is 0.227 e. The van der Waals surface area contributed by atoms with Gasteiger partial charge < -0.3 is 10.2 Å². The van der Waals surface area contributed by atoms with Crippen LogP contribution in [0.25, 0.3) is 0 Å². The van der Waals surface area contributed by atoms with Crippen LogP contribution in [0, 0.1) is 12.8 Å². The van der Waals surface area contributed by atoms with E-state index in [2.05, 4.69) is 46.4 Å². The zero-order chi connectivity index (χ0) is 17.8. The molecule has 0 saturated carbocycles. The molecule has 132 valence electrons. The fourth-order valence-electron chi connectivity index (χ4n) is 3.13. The van der Waals surface area contributed by atoms with Crippen molar-refractivity contribution in [2.24, 2.45) is 5.92 Å². The molecule has 1 N–H and O–H groups in total. The molecule has 0 bridgehead atoms. The Morgan fingerprint density at radius 3 is 2.32 bits per heavy atom. The summed E-state index contributed by atoms with van der Waals surface area (Å²) < 4.78 is 0. The molecule has 3 rings (SSSR count). The largest absolute Gasteiger partial charge is 0.355 e. The number of amides is 1. The first kappa shape index (κ1) is 17.4. The van der Waals surface area contributed by atoms with E-state index in [-0.39, 0.29) is 11.8 Å². The van der Waals surface area contributed by atoms with E-state index in [0.29, 0.717) is 5.92 Å². The number of nitrogens with one attached hydrogen (secondary N) is 1. The maximum absolute atomic E-state index is 12.5. The predicted molar refractivity (Wildman–Crippen MR) is 101 cm³/mol. The molecule has 25 heavy (non-hydrogen) atoms. The van der Waals surface area contributed by atoms with Crippen LogP contribution in [0.4, 0.5) is 11.5 Å². The SMILES string of the molecule is Cc1ccc(N2CCC(C(=O)Nc3ccc(C(C)C)cc3)CC2)nn1. The standard InChI is InChI=1S/C20H26N4O/c1-14(2)16-5-7-18(8-6-16)21-20(25)17-10-12-24(13-11-17)19-9-4-15(3)22-23-19/h4-9,14,17H,10-13H2,1-3H3,(H,21,25). The van der Waals surface area contributed by atoms with Gasteiger partial charge >= 0.3 is 0 Å². The van der Waals surface area contributed by atoms with Gasteiger partial charge in [-0.05, 0) is 55.5 Å². The van der Waals surface area contributed by atoms with Gasteiger partial charge in [0.25, 0.3) is 0 Å². The molecule has 0 radical (unpaired) electrons. The summed E-state index contributed by atoms with van der Waals surface area (Å²) in [4.78, 5) is 14.7. The minimum atomic E-state index is 0.0550. The Balaban J connectivity index is 1.53. The summed E-state index contributed by atoms with van der Waals surface area (Å²) in [5.41, 5.74) is 3.08. The van der Waals surface area contributed by atoms with Crippen molar-refractivity contribution in [3.63, 3.8) is 0 Å². The Bertz CT molecular complexity index is 701. The summed E-state index contributed by atoms with van der Waals surface area (Å²) in [6.07, 6.45) is 1.68. The molecule has 1 aliphatic heterocycles. The molecule has 2 aromatic rings. The average Bonchev–Trinajstić information content (AvgIpc) is 2.63. The van der Waals surface area contributed by atoms with E-state index in [1.807, 2.05) is 31.2 Å². The molecule has 1 aliphatic rings. The third-order valence-electron chi connectivity index (χ3n) is 4.82. The lowest BCUT2D eigenvalue weighted by Gasteiger charge is -2.31. The van der Waals surface area contributed by atoms with Crippen molar-refractivity contribution in [1.82, 2.24) is 10.2 Å². The number of aryl methyl sites for hydroxylation is 1. The number of piperidine rings is 1. The van der Waals surface area contributed by atoms with Crippen molar-refractivity contribution >= 4 is 17.4 Å². The number of hydrogen-bond acceptors (Lipinski definition) is 4. The van der Waals surface area contributed by atoms with Crippen LogP contribution in [-0.2, 0) is 4.79 Å². The van der Waals surface area contributed by atoms with E-state index in [1.54, 1.807) is 0 Å². The molecule has 0 unspecified atom stereocenters. The van der Waals surface area contributed by atoms with E-state index in [0.717, 1.165) is 43.1 Å². The lowest BCUT2D eigenvalue weighted by molar-refractivity contribution is -0.120. The first-order valence-corrected chi connectivity index (χ1v) is 8.99. The van der Waals surface area contributed by atoms with E-state index in [4.69, 9.17) is 0 Å². The number of aromatic nitrogens is 2. The molecule has 0 aliphatic carbocycles. The molecule has 1 aromatic heterocycles. The molecule has 0 spiro atoms. The smallest absolute Gasteiger partial charge is 0.227 e. The first-order valence-electron chi connectivity index (χ1n) is 8.99. The van der Waals surface area contributed by atoms with E-state index < -0.39 is 0 Å². The molecule has 1 amide bonds. The van der Waals surface area contributed by atoms with Crippen LogP contribution in [0.15, 0.2) is 36.4 Å². The predicted octanol–water partition coefficient (Wildman–Crippen LogP) is 3.76. The number of hydrogen-bond donors (Lipinski definition) is 1. The minimum Gasteiger partial charge on any atom is -0.355 e. The Labute approximate surface area is 149 Å². The van der Waals surface area contributed by atoms with Gasteiger partial charge in [0.15, 0.2) is 5.82 Å². The molecule has 1 aromatic carbocycles. The lowest BCUT2D eigenvalue weighted by atomic mass is 9.95. The van der Waals surface area contributed by atoms with Crippen molar-refractivity contribution in [3.05, 3.63) is 47.7 Å². The molecule has 2 heterocycles. The van der Waals surface area contributed by atoms with Crippen LogP contribution in [0.3, 0.4) is 0 Å². The molecule has 5 nitrogen and oxygen atoms in total. The van der Waals surface area contributed by atoms with Gasteiger partial charge in [0.2, 0.25) is 5.91 Å². The number of nitrogens with zero attached hydrogens (tertiary/aromatic N) is 3. The summed E-state index contributed by atoms with van der Waals surface area (Å²) in [7, 11) is 0. The number of carbonyl (C=O) groups is 1. The number of rotatable bonds is 4. The van der Waals surface area contributed by atoms with Crippen molar-refractivity contribution in [3.8, 4) is 0 Å². The first-order chi connectivity index (χ1) is 12.0. The highest BCUT2D eigenvalue weighted by atomic mass is 16.1. The molecule has 5 heteroatoms. The quantitative estimate of drug-likeness (QED) is 0.922. The summed E-state index contributed by atoms with van der Waals surface area (Å²) in [6, 6.07) is 12.1. The van der Waals surface area contributed by atoms with Crippen LogP contribution in [0.1, 0.15) is 43.9 Å². The summed E-state index contributed by atoms with van der Waals surface area (Å²) in [6.45, 7) is 7.94. The monoisotopic (exact) mass is 338 g/mol. The second kappa shape index (κ2) is 7.64. The van der Waals surface area contributed by atoms with E-state index >= 15 is 0 Å². The molecular weight excluding hydrogens is 312 g/mol. The van der Waals surface area contributed by atoms with Crippen LogP contribution >= 0.6 is 0 Å². The molecular formula is C20H26N4O. The highest BCUT2D eigenvalue weighted by Gasteiger charge is 2.25. The van der Waals surface area contributed by atoms with Gasteiger partial charge in [-0.1, -0.05) is 26.0 Å². The van der Waals surface area contributed by atoms with Crippen LogP contribution < -0.4 is 10.2 Å². The summed E-state index contributed by atoms with van der Waals surface area (Å²) in [5.74, 6) is 1.57. The average molecular weight is 338 g/mol. The van der Waals surface area contributed by atoms with E-state index in [1.165, 1.54) is 5.56 Å². The van der Waals surface area contributed by atoms with Crippen LogP contribution in [-0.4, -0.2) is 29.2 Å². The van der Waals surface area contributed by atoms with Crippen LogP contribution in [0.2, 0.25) is 0 Å². The fourth-order valence-corrected chi connectivity index (χ4v) is 3.13. The van der Waals surface area contributed by atoms with Crippen molar-refractivity contribution in [1.29, 1.82) is 0 Å². The van der Waals surface area contributed by atoms with Crippen molar-refractivity contribution in [2.75, 3.05) is 23.3 Å². The van der Waals surface area contributed by atoms with Gasteiger partial charge in [-0.15, -0.1) is 5.10 Å². The van der Waals surface area contributed by atoms with Crippen molar-refractivity contribution in [2.45, 2.75) is 39.5 Å². The van der Waals surface area contributed by atoms with E-state index in [9.17, 15) is 4.79 Å². The normalized spacial score (nSPS) is 15.4. The second-order valence-electron chi connectivity index (χ2n) is 7.06. The second-order valence-corrected chi connectivity index (χ2v) is 7.06. The van der Waals surface area contributed by atoms with Crippen LogP contribution in [0.5, 0.6) is 0 Å². The van der Waals surface area contributed by atoms with Gasteiger partial charge in [0, 0.05) is 24.7 Å². The number of benzene rings is 1. The zero-order valence-corrected chi connectivity index (χ0v) is 15.2. The third-order valence-corrected chi connectivity index (χ3v) is 4.82. The third kappa shape index (κ3) is 4.35. The highest BCUT2D eigenvalue weighted by molar-refractivity contribution is 5.92. The maximum atomic E-state index is 12.5. The molecule has 0 atom stereocenters. The Kier molecular flexibility index (Phi) is 5.31. The number of carbonyl (C=O) groups excluding carboxylic acids is 1. The molecule has 1 saturated heterocycles. The lowest BCUT2D eigenvalue weighted by Crippen LogP contribution is -2.38. The topological polar surface area (TPSA) is 58.1 Å². The van der Waals surface area contributed by atoms with Gasteiger partial charge in [0.1, 0.15) is 0 Å². The Morgan fingerprint density at radius 1 is 1.08 bits per heavy atom. The van der Waals surface area contributed by atoms with Gasteiger partial charge in [-0.3, -0.25) is 4.79 Å². The Morgan fingerprint density at radius 2 is 1.76 bits per heavy atom. The number of anilines is 2. The van der Waals surface area contributed by atoms with Gasteiger partial charge in [-0.2, -0.15) is 5.10 Å². The van der Waals surface area contributed by atoms with Gasteiger partial charge in [0.05, 0.1) is 5.69 Å². The van der Waals surface area contributed by atoms with Crippen molar-refractivity contribution < 1.29 is 4.79 Å².